The molecular weight excluding hydrogens is 192 g/mol. The van der Waals surface area contributed by atoms with Crippen LogP contribution in [0.1, 0.15) is 28.8 Å². The van der Waals surface area contributed by atoms with E-state index in [2.05, 4.69) is 9.97 Å². The molecule has 2 aromatic rings. The Hall–Kier alpha value is -1.91. The van der Waals surface area contributed by atoms with E-state index in [9.17, 15) is 4.79 Å². The molecule has 5 nitrogen and oxygen atoms in total. The van der Waals surface area contributed by atoms with E-state index in [1.165, 1.54) is 0 Å². The molecule has 0 aliphatic carbocycles. The highest BCUT2D eigenvalue weighted by Crippen LogP contribution is 2.10. The molecule has 2 N–H and O–H groups in total. The Morgan fingerprint density at radius 3 is 2.80 bits per heavy atom. The number of hydrogen-bond acceptors (Lipinski definition) is 3. The summed E-state index contributed by atoms with van der Waals surface area (Å²) in [4.78, 5) is 19.6. The molecule has 0 bridgehead atoms. The highest BCUT2D eigenvalue weighted by atomic mass is 16.1. The van der Waals surface area contributed by atoms with Gasteiger partial charge in [0.2, 0.25) is 0 Å². The minimum atomic E-state index is -0.516. The molecule has 15 heavy (non-hydrogen) atoms. The first-order valence-corrected chi connectivity index (χ1v) is 4.77. The summed E-state index contributed by atoms with van der Waals surface area (Å²) < 4.78 is 1.79. The number of hydrogen-bond donors (Lipinski definition) is 1. The van der Waals surface area contributed by atoms with Crippen LogP contribution in [0.25, 0.3) is 5.65 Å². The Kier molecular flexibility index (Phi) is 2.15. The van der Waals surface area contributed by atoms with E-state index in [1.54, 1.807) is 10.6 Å². The van der Waals surface area contributed by atoms with E-state index in [4.69, 9.17) is 5.73 Å². The van der Waals surface area contributed by atoms with Gasteiger partial charge in [0.05, 0.1) is 11.4 Å². The fraction of sp³-hybridized carbons (Fsp3) is 0.300. The van der Waals surface area contributed by atoms with Gasteiger partial charge in [-0.3, -0.25) is 4.79 Å². The Morgan fingerprint density at radius 2 is 2.20 bits per heavy atom. The Labute approximate surface area is 87.0 Å². The van der Waals surface area contributed by atoms with Crippen molar-refractivity contribution in [1.29, 1.82) is 0 Å². The molecule has 0 radical (unpaired) electrons. The summed E-state index contributed by atoms with van der Waals surface area (Å²) in [5, 5.41) is 0. The highest BCUT2D eigenvalue weighted by Gasteiger charge is 2.10. The normalized spacial score (nSPS) is 10.8. The van der Waals surface area contributed by atoms with Crippen LogP contribution in [0, 0.1) is 6.92 Å². The molecule has 0 fully saturated rings. The first-order valence-electron chi connectivity index (χ1n) is 4.77. The molecule has 5 heteroatoms. The lowest BCUT2D eigenvalue weighted by Gasteiger charge is -2.02. The topological polar surface area (TPSA) is 73.3 Å². The molecule has 0 atom stereocenters. The largest absolute Gasteiger partial charge is 0.364 e. The van der Waals surface area contributed by atoms with Crippen molar-refractivity contribution in [2.45, 2.75) is 20.3 Å². The minimum Gasteiger partial charge on any atom is -0.364 e. The molecule has 0 saturated carbocycles. The summed E-state index contributed by atoms with van der Waals surface area (Å²) in [6.07, 6.45) is 4.18. The Bertz CT molecular complexity index is 529. The molecule has 0 aliphatic heterocycles. The maximum Gasteiger partial charge on any atom is 0.268 e. The second-order valence-electron chi connectivity index (χ2n) is 3.40. The number of amides is 1. The summed E-state index contributed by atoms with van der Waals surface area (Å²) in [6.45, 7) is 3.87. The molecule has 2 aromatic heterocycles. The van der Waals surface area contributed by atoms with Gasteiger partial charge in [0.25, 0.3) is 5.91 Å². The number of nitrogens with zero attached hydrogens (tertiary/aromatic N) is 3. The molecule has 0 spiro atoms. The predicted octanol–water partition coefficient (Wildman–Crippen LogP) is 0.699. The number of aromatic nitrogens is 3. The molecule has 1 amide bonds. The van der Waals surface area contributed by atoms with Crippen LogP contribution in [0.2, 0.25) is 0 Å². The highest BCUT2D eigenvalue weighted by molar-refractivity contribution is 5.90. The second kappa shape index (κ2) is 3.34. The summed E-state index contributed by atoms with van der Waals surface area (Å²) in [5.41, 5.74) is 7.95. The lowest BCUT2D eigenvalue weighted by atomic mass is 10.3. The third-order valence-electron chi connectivity index (χ3n) is 2.21. The van der Waals surface area contributed by atoms with Gasteiger partial charge in [-0.15, -0.1) is 0 Å². The third kappa shape index (κ3) is 1.56. The number of aryl methyl sites for hydroxylation is 2. The molecule has 0 saturated heterocycles. The minimum absolute atomic E-state index is 0.275. The molecule has 0 unspecified atom stereocenters. The van der Waals surface area contributed by atoms with Gasteiger partial charge in [0.15, 0.2) is 5.65 Å². The van der Waals surface area contributed by atoms with Gasteiger partial charge in [0.1, 0.15) is 5.69 Å². The van der Waals surface area contributed by atoms with E-state index in [1.807, 2.05) is 20.0 Å². The van der Waals surface area contributed by atoms with E-state index in [0.29, 0.717) is 0 Å². The van der Waals surface area contributed by atoms with E-state index in [0.717, 1.165) is 23.5 Å². The smallest absolute Gasteiger partial charge is 0.268 e. The third-order valence-corrected chi connectivity index (χ3v) is 2.21. The predicted molar refractivity (Wildman–Crippen MR) is 55.6 cm³/mol. The van der Waals surface area contributed by atoms with Gasteiger partial charge >= 0.3 is 0 Å². The summed E-state index contributed by atoms with van der Waals surface area (Å²) in [5.74, 6) is -0.516. The maximum absolute atomic E-state index is 11.0. The molecule has 2 rings (SSSR count). The van der Waals surface area contributed by atoms with Crippen molar-refractivity contribution in [2.75, 3.05) is 0 Å². The van der Waals surface area contributed by atoms with Gasteiger partial charge in [-0.2, -0.15) is 0 Å². The lowest BCUT2D eigenvalue weighted by Crippen LogP contribution is -2.15. The first kappa shape index (κ1) is 9.64. The Morgan fingerprint density at radius 1 is 1.47 bits per heavy atom. The van der Waals surface area contributed by atoms with Crippen LogP contribution in [0.15, 0.2) is 12.4 Å². The molecule has 78 valence electrons. The van der Waals surface area contributed by atoms with Crippen LogP contribution < -0.4 is 5.73 Å². The average Bonchev–Trinajstić information content (AvgIpc) is 2.56. The number of nitrogens with two attached hydrogens (primary N) is 1. The van der Waals surface area contributed by atoms with Crippen LogP contribution in [0.3, 0.4) is 0 Å². The van der Waals surface area contributed by atoms with Crippen molar-refractivity contribution in [1.82, 2.24) is 14.4 Å². The maximum atomic E-state index is 11.0. The van der Waals surface area contributed by atoms with Crippen LogP contribution in [0.4, 0.5) is 0 Å². The summed E-state index contributed by atoms with van der Waals surface area (Å²) >= 11 is 0. The van der Waals surface area contributed by atoms with Crippen LogP contribution in [-0.4, -0.2) is 20.3 Å². The molecule has 0 aliphatic rings. The van der Waals surface area contributed by atoms with Gasteiger partial charge < -0.3 is 10.1 Å². The standard InChI is InChI=1S/C10H12N4O/c1-3-7-10-12-6(2)4-14(10)5-8(13-7)9(11)15/h4-5H,3H2,1-2H3,(H2,11,15). The monoisotopic (exact) mass is 204 g/mol. The van der Waals surface area contributed by atoms with E-state index in [-0.39, 0.29) is 5.69 Å². The van der Waals surface area contributed by atoms with Gasteiger partial charge in [-0.05, 0) is 13.3 Å². The SMILES string of the molecule is CCc1nc(C(N)=O)cn2cc(C)nc12. The number of primary amides is 1. The summed E-state index contributed by atoms with van der Waals surface area (Å²) in [6, 6.07) is 0. The summed E-state index contributed by atoms with van der Waals surface area (Å²) in [7, 11) is 0. The van der Waals surface area contributed by atoms with Crippen LogP contribution in [-0.2, 0) is 6.42 Å². The number of carbonyl (C=O) groups is 1. The fourth-order valence-electron chi connectivity index (χ4n) is 1.54. The lowest BCUT2D eigenvalue weighted by molar-refractivity contribution is 0.0995. The second-order valence-corrected chi connectivity index (χ2v) is 3.40. The van der Waals surface area contributed by atoms with Gasteiger partial charge in [-0.25, -0.2) is 9.97 Å². The zero-order valence-electron chi connectivity index (χ0n) is 8.69. The Balaban J connectivity index is 2.76. The zero-order valence-corrected chi connectivity index (χ0v) is 8.69. The van der Waals surface area contributed by atoms with E-state index < -0.39 is 5.91 Å². The van der Waals surface area contributed by atoms with Crippen LogP contribution in [0.5, 0.6) is 0 Å². The number of rotatable bonds is 2. The van der Waals surface area contributed by atoms with Gasteiger partial charge in [-0.1, -0.05) is 6.92 Å². The van der Waals surface area contributed by atoms with Gasteiger partial charge in [0, 0.05) is 12.4 Å². The fourth-order valence-corrected chi connectivity index (χ4v) is 1.54. The average molecular weight is 204 g/mol. The zero-order chi connectivity index (χ0) is 11.0. The molecular formula is C10H12N4O. The molecule has 0 aromatic carbocycles. The number of fused-ring (bicyclic) bond motifs is 1. The van der Waals surface area contributed by atoms with Crippen molar-refractivity contribution in [3.05, 3.63) is 29.5 Å². The molecule has 2 heterocycles. The number of imidazole rings is 1. The van der Waals surface area contributed by atoms with E-state index >= 15 is 0 Å². The number of carbonyl (C=O) groups excluding carboxylic acids is 1. The van der Waals surface area contributed by atoms with Crippen LogP contribution >= 0.6 is 0 Å². The van der Waals surface area contributed by atoms with Crippen molar-refractivity contribution in [3.63, 3.8) is 0 Å². The van der Waals surface area contributed by atoms with Crippen molar-refractivity contribution in [3.8, 4) is 0 Å². The van der Waals surface area contributed by atoms with Crippen molar-refractivity contribution in [2.24, 2.45) is 5.73 Å². The van der Waals surface area contributed by atoms with Crippen molar-refractivity contribution < 1.29 is 4.79 Å². The first-order chi connectivity index (χ1) is 7.11. The quantitative estimate of drug-likeness (QED) is 0.782. The van der Waals surface area contributed by atoms with Crippen molar-refractivity contribution >= 4 is 11.6 Å².